The van der Waals surface area contributed by atoms with Gasteiger partial charge in [0.25, 0.3) is 5.91 Å². The number of hydrogen-bond donors (Lipinski definition) is 2. The lowest BCUT2D eigenvalue weighted by atomic mass is 10.1. The van der Waals surface area contributed by atoms with E-state index in [9.17, 15) is 28.8 Å². The van der Waals surface area contributed by atoms with Gasteiger partial charge in [-0.1, -0.05) is 18.2 Å². The first kappa shape index (κ1) is 26.6. The molecule has 2 aliphatic rings. The molecule has 1 aromatic rings. The normalized spacial score (nSPS) is 19.1. The molecule has 0 bridgehead atoms. The summed E-state index contributed by atoms with van der Waals surface area (Å²) >= 11 is 0. The van der Waals surface area contributed by atoms with Gasteiger partial charge in [-0.15, -0.1) is 0 Å². The fourth-order valence-corrected chi connectivity index (χ4v) is 3.97. The van der Waals surface area contributed by atoms with E-state index < -0.39 is 41.5 Å². The van der Waals surface area contributed by atoms with Crippen molar-refractivity contribution in [3.05, 3.63) is 35.9 Å². The smallest absolute Gasteiger partial charge is 0.358 e. The highest BCUT2D eigenvalue weighted by atomic mass is 16.6. The van der Waals surface area contributed by atoms with Crippen molar-refractivity contribution in [2.45, 2.75) is 64.1 Å². The molecule has 0 saturated carbocycles. The van der Waals surface area contributed by atoms with Crippen LogP contribution >= 0.6 is 0 Å². The summed E-state index contributed by atoms with van der Waals surface area (Å²) in [7, 11) is 0. The molecule has 2 fully saturated rings. The Morgan fingerprint density at radius 3 is 2.47 bits per heavy atom. The van der Waals surface area contributed by atoms with Gasteiger partial charge >= 0.3 is 12.0 Å². The summed E-state index contributed by atoms with van der Waals surface area (Å²) in [5.41, 5.74) is 2.07. The number of nitrogens with one attached hydrogen (secondary N) is 2. The Hall–Kier alpha value is -3.96. The van der Waals surface area contributed by atoms with Crippen molar-refractivity contribution >= 4 is 36.0 Å². The van der Waals surface area contributed by atoms with Gasteiger partial charge in [-0.25, -0.2) is 19.8 Å². The van der Waals surface area contributed by atoms with Gasteiger partial charge < -0.3 is 14.8 Å². The van der Waals surface area contributed by atoms with Crippen LogP contribution in [0.5, 0.6) is 0 Å². The number of hydrazine groups is 2. The molecule has 12 nitrogen and oxygen atoms in total. The first-order valence-corrected chi connectivity index (χ1v) is 11.7. The van der Waals surface area contributed by atoms with Crippen LogP contribution in [0.4, 0.5) is 4.79 Å². The van der Waals surface area contributed by atoms with Crippen LogP contribution in [0.15, 0.2) is 30.3 Å². The first-order valence-electron chi connectivity index (χ1n) is 11.7. The van der Waals surface area contributed by atoms with Crippen molar-refractivity contribution in [2.24, 2.45) is 0 Å². The predicted octanol–water partition coefficient (Wildman–Crippen LogP) is 0.781. The van der Waals surface area contributed by atoms with Gasteiger partial charge in [0.1, 0.15) is 17.9 Å². The zero-order valence-electron chi connectivity index (χ0n) is 20.6. The highest BCUT2D eigenvalue weighted by Gasteiger charge is 2.44. The van der Waals surface area contributed by atoms with Gasteiger partial charge in [-0.2, -0.15) is 0 Å². The van der Waals surface area contributed by atoms with Crippen LogP contribution in [0.3, 0.4) is 0 Å². The lowest BCUT2D eigenvalue weighted by molar-refractivity contribution is -0.156. The molecule has 2 N–H and O–H groups in total. The van der Waals surface area contributed by atoms with Gasteiger partial charge in [0.05, 0.1) is 19.0 Å². The molecule has 3 rings (SSSR count). The Morgan fingerprint density at radius 2 is 1.83 bits per heavy atom. The van der Waals surface area contributed by atoms with Crippen LogP contribution in [0.1, 0.15) is 56.8 Å². The summed E-state index contributed by atoms with van der Waals surface area (Å²) in [5.74, 6) is -2.28. The molecule has 36 heavy (non-hydrogen) atoms. The number of amides is 5. The number of carbonyl (C=O) groups is 6. The molecule has 5 amide bonds. The molecule has 0 radical (unpaired) electrons. The minimum absolute atomic E-state index is 0.0543. The minimum atomic E-state index is -1.17. The van der Waals surface area contributed by atoms with E-state index in [2.05, 4.69) is 10.7 Å². The summed E-state index contributed by atoms with van der Waals surface area (Å²) < 4.78 is 5.20. The molecule has 2 atom stereocenters. The van der Waals surface area contributed by atoms with E-state index in [1.807, 2.05) is 0 Å². The number of esters is 1. The van der Waals surface area contributed by atoms with Gasteiger partial charge in [0.15, 0.2) is 0 Å². The molecule has 0 unspecified atom stereocenters. The van der Waals surface area contributed by atoms with Gasteiger partial charge in [0.2, 0.25) is 11.8 Å². The quantitative estimate of drug-likeness (QED) is 0.415. The number of nitrogens with zero attached hydrogens (tertiary/aromatic N) is 3. The third kappa shape index (κ3) is 6.58. The number of fused-ring (bicyclic) bond motifs is 1. The molecule has 0 spiro atoms. The molecule has 2 heterocycles. The van der Waals surface area contributed by atoms with Crippen molar-refractivity contribution in [3.8, 4) is 0 Å². The zero-order valence-corrected chi connectivity index (χ0v) is 20.6. The molecule has 2 saturated heterocycles. The zero-order chi connectivity index (χ0) is 26.5. The lowest BCUT2D eigenvalue weighted by Gasteiger charge is -2.43. The van der Waals surface area contributed by atoms with Crippen molar-refractivity contribution in [3.63, 3.8) is 0 Å². The van der Waals surface area contributed by atoms with Gasteiger partial charge in [0, 0.05) is 18.5 Å². The average Bonchev–Trinajstić information content (AvgIpc) is 2.95. The number of hydrogen-bond acceptors (Lipinski definition) is 7. The summed E-state index contributed by atoms with van der Waals surface area (Å²) in [4.78, 5) is 75.6. The summed E-state index contributed by atoms with van der Waals surface area (Å²) in [5, 5.41) is 5.71. The Morgan fingerprint density at radius 1 is 1.14 bits per heavy atom. The second kappa shape index (κ2) is 11.2. The van der Waals surface area contributed by atoms with Gasteiger partial charge in [-0.05, 0) is 45.7 Å². The van der Waals surface area contributed by atoms with Crippen molar-refractivity contribution in [2.75, 3.05) is 13.1 Å². The van der Waals surface area contributed by atoms with E-state index in [-0.39, 0.29) is 38.3 Å². The molecular formula is C24H31N5O7. The highest BCUT2D eigenvalue weighted by molar-refractivity contribution is 5.97. The van der Waals surface area contributed by atoms with E-state index in [1.165, 1.54) is 5.01 Å². The SMILES string of the molecule is CC(C)(C)OC(=O)C[C@@H](C=O)NC(=O)[C@@H]1CCCN2C(=O)CCN(NC(=O)c3ccccc3)C(=O)N12. The third-order valence-corrected chi connectivity index (χ3v) is 5.54. The molecule has 12 heteroatoms. The number of aldehydes is 1. The highest BCUT2D eigenvalue weighted by Crippen LogP contribution is 2.24. The predicted molar refractivity (Wildman–Crippen MR) is 126 cm³/mol. The summed E-state index contributed by atoms with van der Waals surface area (Å²) in [6.45, 7) is 5.19. The fraction of sp³-hybridized carbons (Fsp3) is 0.500. The Kier molecular flexibility index (Phi) is 8.28. The number of carbonyl (C=O) groups excluding carboxylic acids is 6. The van der Waals surface area contributed by atoms with Crippen LogP contribution in [-0.2, 0) is 23.9 Å². The molecule has 2 aliphatic heterocycles. The topological polar surface area (TPSA) is 145 Å². The molecule has 1 aromatic carbocycles. The number of benzene rings is 1. The maximum atomic E-state index is 13.4. The lowest BCUT2D eigenvalue weighted by Crippen LogP contribution is -2.64. The second-order valence-electron chi connectivity index (χ2n) is 9.55. The maximum absolute atomic E-state index is 13.4. The Bertz CT molecular complexity index is 1020. The number of urea groups is 1. The average molecular weight is 502 g/mol. The largest absolute Gasteiger partial charge is 0.460 e. The van der Waals surface area contributed by atoms with Crippen molar-refractivity contribution in [1.29, 1.82) is 0 Å². The standard InChI is InChI=1S/C24H31N5O7/c1-24(2,3)36-20(32)14-17(15-30)25-22(34)18-10-7-12-28-19(31)11-13-27(23(35)29(18)28)26-21(33)16-8-5-4-6-9-16/h4-6,8-9,15,17-18H,7,10-14H2,1-3H3,(H,25,34)(H,26,33)/t17-,18-/m0/s1. The van der Waals surface area contributed by atoms with Crippen molar-refractivity contribution in [1.82, 2.24) is 25.8 Å². The monoisotopic (exact) mass is 501 g/mol. The van der Waals surface area contributed by atoms with E-state index in [4.69, 9.17) is 4.74 Å². The molecular weight excluding hydrogens is 470 g/mol. The van der Waals surface area contributed by atoms with Crippen LogP contribution < -0.4 is 10.7 Å². The van der Waals surface area contributed by atoms with E-state index in [1.54, 1.807) is 51.1 Å². The molecule has 194 valence electrons. The van der Waals surface area contributed by atoms with E-state index >= 15 is 0 Å². The number of rotatable bonds is 7. The summed E-state index contributed by atoms with van der Waals surface area (Å²) in [6, 6.07) is 5.22. The second-order valence-corrected chi connectivity index (χ2v) is 9.55. The van der Waals surface area contributed by atoms with Crippen molar-refractivity contribution < 1.29 is 33.5 Å². The van der Waals surface area contributed by atoms with Gasteiger partial charge in [-0.3, -0.25) is 24.6 Å². The van der Waals surface area contributed by atoms with Crippen LogP contribution in [0, 0.1) is 0 Å². The Labute approximate surface area is 208 Å². The number of ether oxygens (including phenoxy) is 1. The van der Waals surface area contributed by atoms with Crippen LogP contribution in [0.25, 0.3) is 0 Å². The maximum Gasteiger partial charge on any atom is 0.358 e. The summed E-state index contributed by atoms with van der Waals surface area (Å²) in [6.07, 6.45) is 0.655. The van der Waals surface area contributed by atoms with E-state index in [0.717, 1.165) is 10.0 Å². The Balaban J connectivity index is 1.75. The first-order chi connectivity index (χ1) is 17.0. The molecule has 0 aliphatic carbocycles. The molecule has 0 aromatic heterocycles. The fourth-order valence-electron chi connectivity index (χ4n) is 3.97. The van der Waals surface area contributed by atoms with Crippen LogP contribution in [-0.4, -0.2) is 81.8 Å². The minimum Gasteiger partial charge on any atom is -0.460 e. The van der Waals surface area contributed by atoms with E-state index in [0.29, 0.717) is 18.3 Å². The third-order valence-electron chi connectivity index (χ3n) is 5.54. The van der Waals surface area contributed by atoms with Crippen LogP contribution in [0.2, 0.25) is 0 Å².